The molecule has 2 heteroatoms. The van der Waals surface area contributed by atoms with E-state index in [0.717, 1.165) is 6.42 Å². The maximum Gasteiger partial charge on any atom is 0.122 e. The van der Waals surface area contributed by atoms with E-state index in [0.29, 0.717) is 6.61 Å². The molecule has 0 rings (SSSR count). The minimum atomic E-state index is 0.674. The fourth-order valence-corrected chi connectivity index (χ4v) is 2.50. The quantitative estimate of drug-likeness (QED) is 0.0882. The summed E-state index contributed by atoms with van der Waals surface area (Å²) in [5.74, 6) is 0. The van der Waals surface area contributed by atoms with Crippen molar-refractivity contribution < 1.29 is 9.78 Å². The largest absolute Gasteiger partial charge is 0.346 e. The first-order valence-corrected chi connectivity index (χ1v) is 9.46. The highest BCUT2D eigenvalue weighted by Gasteiger charge is 1.92. The molecule has 0 aliphatic carbocycles. The molecular formula is C20H38O2. The van der Waals surface area contributed by atoms with Crippen LogP contribution in [0.25, 0.3) is 0 Å². The molecule has 0 amide bonds. The Morgan fingerprint density at radius 1 is 0.682 bits per heavy atom. The zero-order valence-corrected chi connectivity index (χ0v) is 14.9. The van der Waals surface area contributed by atoms with Crippen LogP contribution >= 0.6 is 0 Å². The summed E-state index contributed by atoms with van der Waals surface area (Å²) in [6.45, 7) is 6.37. The first-order valence-electron chi connectivity index (χ1n) is 9.46. The molecule has 0 saturated heterocycles. The number of hydrogen-bond donors (Lipinski definition) is 0. The summed E-state index contributed by atoms with van der Waals surface area (Å²) in [6.07, 6.45) is 24.6. The van der Waals surface area contributed by atoms with E-state index in [4.69, 9.17) is 4.89 Å². The van der Waals surface area contributed by atoms with Crippen LogP contribution in [0.4, 0.5) is 0 Å². The van der Waals surface area contributed by atoms with Gasteiger partial charge in [-0.2, -0.15) is 4.89 Å². The minimum absolute atomic E-state index is 0.674. The zero-order valence-electron chi connectivity index (χ0n) is 14.9. The van der Waals surface area contributed by atoms with Crippen molar-refractivity contribution in [2.45, 2.75) is 96.8 Å². The fraction of sp³-hybridized carbons (Fsp3) is 0.800. The van der Waals surface area contributed by atoms with Crippen LogP contribution in [0.2, 0.25) is 0 Å². The van der Waals surface area contributed by atoms with Crippen LogP contribution in [0, 0.1) is 0 Å². The molecule has 0 aromatic carbocycles. The van der Waals surface area contributed by atoms with Gasteiger partial charge in [0.1, 0.15) is 6.26 Å². The lowest BCUT2D eigenvalue weighted by Gasteiger charge is -2.01. The summed E-state index contributed by atoms with van der Waals surface area (Å²) in [4.78, 5) is 9.49. The first kappa shape index (κ1) is 21.2. The Labute approximate surface area is 138 Å². The van der Waals surface area contributed by atoms with Gasteiger partial charge in [-0.25, -0.2) is 0 Å². The second-order valence-electron chi connectivity index (χ2n) is 6.02. The molecule has 0 N–H and O–H groups in total. The number of allylic oxidation sites excluding steroid dienone is 2. The van der Waals surface area contributed by atoms with Gasteiger partial charge in [0.25, 0.3) is 0 Å². The minimum Gasteiger partial charge on any atom is -0.346 e. The second-order valence-corrected chi connectivity index (χ2v) is 6.02. The van der Waals surface area contributed by atoms with Crippen molar-refractivity contribution in [3.05, 3.63) is 25.0 Å². The summed E-state index contributed by atoms with van der Waals surface area (Å²) in [5.41, 5.74) is 0. The van der Waals surface area contributed by atoms with Crippen molar-refractivity contribution in [3.63, 3.8) is 0 Å². The highest BCUT2D eigenvalue weighted by atomic mass is 17.2. The van der Waals surface area contributed by atoms with E-state index in [-0.39, 0.29) is 0 Å². The van der Waals surface area contributed by atoms with Gasteiger partial charge in [0, 0.05) is 0 Å². The Bertz CT molecular complexity index is 236. The Balaban J connectivity index is 3.03. The summed E-state index contributed by atoms with van der Waals surface area (Å²) >= 11 is 0. The highest BCUT2D eigenvalue weighted by Crippen LogP contribution is 2.09. The molecular weight excluding hydrogens is 272 g/mol. The molecule has 0 spiro atoms. The Kier molecular flexibility index (Phi) is 19.5. The van der Waals surface area contributed by atoms with Crippen molar-refractivity contribution in [1.29, 1.82) is 0 Å². The molecule has 0 aliphatic rings. The lowest BCUT2D eigenvalue weighted by atomic mass is 10.1. The molecule has 0 heterocycles. The Hall–Kier alpha value is -0.760. The first-order chi connectivity index (χ1) is 10.9. The summed E-state index contributed by atoms with van der Waals surface area (Å²) in [5, 5.41) is 0. The van der Waals surface area contributed by atoms with Crippen LogP contribution in [0.5, 0.6) is 0 Å². The van der Waals surface area contributed by atoms with E-state index in [1.165, 1.54) is 89.7 Å². The van der Waals surface area contributed by atoms with Crippen LogP contribution in [0.3, 0.4) is 0 Å². The highest BCUT2D eigenvalue weighted by molar-refractivity contribution is 4.81. The summed E-state index contributed by atoms with van der Waals surface area (Å²) in [7, 11) is 0. The Morgan fingerprint density at radius 3 is 1.73 bits per heavy atom. The zero-order chi connectivity index (χ0) is 16.1. The molecule has 22 heavy (non-hydrogen) atoms. The van der Waals surface area contributed by atoms with Crippen molar-refractivity contribution in [2.24, 2.45) is 0 Å². The van der Waals surface area contributed by atoms with Crippen molar-refractivity contribution >= 4 is 0 Å². The molecule has 0 aromatic heterocycles. The number of hydrogen-bond acceptors (Lipinski definition) is 2. The second kappa shape index (κ2) is 20.2. The van der Waals surface area contributed by atoms with E-state index in [9.17, 15) is 0 Å². The normalized spacial score (nSPS) is 11.1. The third-order valence-electron chi connectivity index (χ3n) is 3.88. The van der Waals surface area contributed by atoms with Gasteiger partial charge in [-0.1, -0.05) is 83.4 Å². The van der Waals surface area contributed by atoms with Gasteiger partial charge in [0.15, 0.2) is 0 Å². The average Bonchev–Trinajstić information content (AvgIpc) is 2.54. The van der Waals surface area contributed by atoms with Crippen molar-refractivity contribution in [3.8, 4) is 0 Å². The molecule has 0 radical (unpaired) electrons. The molecule has 0 unspecified atom stereocenters. The molecule has 2 nitrogen and oxygen atoms in total. The van der Waals surface area contributed by atoms with Gasteiger partial charge < -0.3 is 4.89 Å². The van der Waals surface area contributed by atoms with Gasteiger partial charge in [0.05, 0.1) is 6.61 Å². The molecule has 0 saturated carbocycles. The predicted molar refractivity (Wildman–Crippen MR) is 96.7 cm³/mol. The van der Waals surface area contributed by atoms with Crippen LogP contribution in [-0.4, -0.2) is 6.61 Å². The lowest BCUT2D eigenvalue weighted by Crippen LogP contribution is -1.91. The Morgan fingerprint density at radius 2 is 1.18 bits per heavy atom. The van der Waals surface area contributed by atoms with Crippen LogP contribution in [0.15, 0.2) is 25.0 Å². The van der Waals surface area contributed by atoms with E-state index < -0.39 is 0 Å². The molecule has 130 valence electrons. The predicted octanol–water partition coefficient (Wildman–Crippen LogP) is 7.12. The molecule has 0 bridgehead atoms. The smallest absolute Gasteiger partial charge is 0.122 e. The average molecular weight is 311 g/mol. The van der Waals surface area contributed by atoms with Gasteiger partial charge in [0.2, 0.25) is 0 Å². The maximum atomic E-state index is 4.87. The fourth-order valence-electron chi connectivity index (χ4n) is 2.50. The van der Waals surface area contributed by atoms with Gasteiger partial charge in [-0.15, -0.1) is 0 Å². The molecule has 0 aliphatic heterocycles. The van der Waals surface area contributed by atoms with E-state index in [1.54, 1.807) is 0 Å². The standard InChI is InChI=1S/C20H38O2/c1-3-5-6-7-8-9-10-11-12-13-14-15-16-17-18-19-20-22-21-4-2/h4,11-12H,2-3,5-10,13-20H2,1H3/b12-11-. The van der Waals surface area contributed by atoms with Crippen molar-refractivity contribution in [1.82, 2.24) is 0 Å². The van der Waals surface area contributed by atoms with Crippen LogP contribution in [-0.2, 0) is 9.78 Å². The molecule has 0 fully saturated rings. The summed E-state index contributed by atoms with van der Waals surface area (Å²) in [6, 6.07) is 0. The summed E-state index contributed by atoms with van der Waals surface area (Å²) < 4.78 is 0. The topological polar surface area (TPSA) is 18.5 Å². The van der Waals surface area contributed by atoms with E-state index >= 15 is 0 Å². The van der Waals surface area contributed by atoms with E-state index in [2.05, 4.69) is 30.5 Å². The van der Waals surface area contributed by atoms with Gasteiger partial charge in [-0.05, 0) is 32.1 Å². The lowest BCUT2D eigenvalue weighted by molar-refractivity contribution is -0.248. The molecule has 0 aromatic rings. The maximum absolute atomic E-state index is 4.87. The monoisotopic (exact) mass is 310 g/mol. The molecule has 0 atom stereocenters. The van der Waals surface area contributed by atoms with Gasteiger partial charge in [-0.3, -0.25) is 0 Å². The number of unbranched alkanes of at least 4 members (excludes halogenated alkanes) is 12. The third-order valence-corrected chi connectivity index (χ3v) is 3.88. The number of rotatable bonds is 18. The SMILES string of the molecule is C=COOCCCCCCCC/C=C\CCCCCCCC. The van der Waals surface area contributed by atoms with Gasteiger partial charge >= 0.3 is 0 Å². The van der Waals surface area contributed by atoms with Crippen molar-refractivity contribution in [2.75, 3.05) is 6.61 Å². The third kappa shape index (κ3) is 19.2. The van der Waals surface area contributed by atoms with E-state index in [1.807, 2.05) is 0 Å². The van der Waals surface area contributed by atoms with Crippen LogP contribution < -0.4 is 0 Å². The van der Waals surface area contributed by atoms with Crippen LogP contribution in [0.1, 0.15) is 96.8 Å².